The fourth-order valence-electron chi connectivity index (χ4n) is 1.68. The van der Waals surface area contributed by atoms with Gasteiger partial charge in [-0.15, -0.1) is 0 Å². The maximum Gasteiger partial charge on any atom is 0.229 e. The van der Waals surface area contributed by atoms with Crippen LogP contribution in [0.1, 0.15) is 11.4 Å². The van der Waals surface area contributed by atoms with Crippen molar-refractivity contribution >= 4 is 0 Å². The SMILES string of the molecule is Cc1cc(-c2nc(O)cn2C)cc(C)n1. The molecule has 0 amide bonds. The van der Waals surface area contributed by atoms with Crippen molar-refractivity contribution in [1.82, 2.24) is 14.5 Å². The van der Waals surface area contributed by atoms with Gasteiger partial charge in [-0.3, -0.25) is 4.98 Å². The molecule has 0 radical (unpaired) electrons. The Bertz CT molecular complexity index is 482. The zero-order chi connectivity index (χ0) is 11.0. The van der Waals surface area contributed by atoms with Crippen molar-refractivity contribution in [2.45, 2.75) is 13.8 Å². The third kappa shape index (κ3) is 1.83. The van der Waals surface area contributed by atoms with Gasteiger partial charge in [0.25, 0.3) is 0 Å². The molecule has 0 atom stereocenters. The van der Waals surface area contributed by atoms with Gasteiger partial charge in [0.15, 0.2) is 0 Å². The maximum atomic E-state index is 9.29. The number of pyridine rings is 1. The van der Waals surface area contributed by atoms with Gasteiger partial charge in [-0.25, -0.2) is 0 Å². The summed E-state index contributed by atoms with van der Waals surface area (Å²) >= 11 is 0. The first-order valence-corrected chi connectivity index (χ1v) is 4.74. The number of nitrogens with zero attached hydrogens (tertiary/aromatic N) is 3. The van der Waals surface area contributed by atoms with E-state index < -0.39 is 0 Å². The topological polar surface area (TPSA) is 50.9 Å². The standard InChI is InChI=1S/C11H13N3O/c1-7-4-9(5-8(2)12-7)11-13-10(15)6-14(11)3/h4-6,15H,1-3H3. The first-order valence-electron chi connectivity index (χ1n) is 4.74. The van der Waals surface area contributed by atoms with Gasteiger partial charge in [0, 0.05) is 24.0 Å². The molecule has 4 nitrogen and oxygen atoms in total. The second-order valence-corrected chi connectivity index (χ2v) is 3.67. The quantitative estimate of drug-likeness (QED) is 0.769. The van der Waals surface area contributed by atoms with E-state index in [9.17, 15) is 5.11 Å². The van der Waals surface area contributed by atoms with Gasteiger partial charge in [-0.2, -0.15) is 4.98 Å². The van der Waals surface area contributed by atoms with Crippen LogP contribution in [0.4, 0.5) is 0 Å². The molecule has 1 N–H and O–H groups in total. The molecule has 0 fully saturated rings. The van der Waals surface area contributed by atoms with Crippen LogP contribution in [0.25, 0.3) is 11.4 Å². The average Bonchev–Trinajstić information content (AvgIpc) is 2.43. The number of aryl methyl sites for hydroxylation is 3. The molecule has 0 aromatic carbocycles. The molecule has 0 aliphatic rings. The Labute approximate surface area is 88.2 Å². The van der Waals surface area contributed by atoms with Crippen LogP contribution in [-0.4, -0.2) is 19.6 Å². The van der Waals surface area contributed by atoms with Crippen LogP contribution in [0.3, 0.4) is 0 Å². The minimum absolute atomic E-state index is 0.0413. The molecule has 0 unspecified atom stereocenters. The molecule has 4 heteroatoms. The highest BCUT2D eigenvalue weighted by Crippen LogP contribution is 2.21. The molecule has 78 valence electrons. The summed E-state index contributed by atoms with van der Waals surface area (Å²) in [5.74, 6) is 0.792. The molecule has 0 saturated carbocycles. The van der Waals surface area contributed by atoms with E-state index in [0.29, 0.717) is 0 Å². The van der Waals surface area contributed by atoms with E-state index in [4.69, 9.17) is 0 Å². The summed E-state index contributed by atoms with van der Waals surface area (Å²) in [5, 5.41) is 9.29. The summed E-state index contributed by atoms with van der Waals surface area (Å²) in [5.41, 5.74) is 2.88. The highest BCUT2D eigenvalue weighted by Gasteiger charge is 2.07. The zero-order valence-electron chi connectivity index (χ0n) is 9.02. The van der Waals surface area contributed by atoms with E-state index in [1.165, 1.54) is 0 Å². The van der Waals surface area contributed by atoms with Gasteiger partial charge < -0.3 is 9.67 Å². The Hall–Kier alpha value is -1.84. The van der Waals surface area contributed by atoms with Crippen molar-refractivity contribution in [3.63, 3.8) is 0 Å². The Balaban J connectivity index is 2.58. The lowest BCUT2D eigenvalue weighted by Crippen LogP contribution is -1.94. The lowest BCUT2D eigenvalue weighted by atomic mass is 10.2. The minimum atomic E-state index is 0.0413. The molecule has 0 spiro atoms. The predicted molar refractivity (Wildman–Crippen MR) is 57.6 cm³/mol. The Morgan fingerprint density at radius 2 is 1.73 bits per heavy atom. The molecule has 2 aromatic rings. The molecule has 0 saturated heterocycles. The van der Waals surface area contributed by atoms with Crippen LogP contribution in [0.5, 0.6) is 5.88 Å². The molecule has 2 aromatic heterocycles. The van der Waals surface area contributed by atoms with E-state index >= 15 is 0 Å². The summed E-state index contributed by atoms with van der Waals surface area (Å²) < 4.78 is 1.80. The Morgan fingerprint density at radius 3 is 2.20 bits per heavy atom. The molecule has 0 aliphatic heterocycles. The van der Waals surface area contributed by atoms with Crippen molar-refractivity contribution in [3.8, 4) is 17.3 Å². The maximum absolute atomic E-state index is 9.29. The highest BCUT2D eigenvalue weighted by molar-refractivity contribution is 5.57. The summed E-state index contributed by atoms with van der Waals surface area (Å²) in [6.45, 7) is 3.89. The Morgan fingerprint density at radius 1 is 1.13 bits per heavy atom. The van der Waals surface area contributed by atoms with Crippen molar-refractivity contribution < 1.29 is 5.11 Å². The number of aromatic nitrogens is 3. The molecule has 15 heavy (non-hydrogen) atoms. The van der Waals surface area contributed by atoms with Crippen molar-refractivity contribution in [2.24, 2.45) is 7.05 Å². The number of hydrogen-bond donors (Lipinski definition) is 1. The summed E-state index contributed by atoms with van der Waals surface area (Å²) in [4.78, 5) is 8.35. The molecule has 0 bridgehead atoms. The minimum Gasteiger partial charge on any atom is -0.492 e. The number of imidazole rings is 1. The van der Waals surface area contributed by atoms with Gasteiger partial charge in [-0.05, 0) is 26.0 Å². The number of rotatable bonds is 1. The molecule has 2 rings (SSSR count). The predicted octanol–water partition coefficient (Wildman–Crippen LogP) is 1.80. The third-order valence-electron chi connectivity index (χ3n) is 2.20. The fourth-order valence-corrected chi connectivity index (χ4v) is 1.68. The number of hydrogen-bond acceptors (Lipinski definition) is 3. The van der Waals surface area contributed by atoms with Gasteiger partial charge >= 0.3 is 0 Å². The van der Waals surface area contributed by atoms with E-state index in [0.717, 1.165) is 22.8 Å². The number of aromatic hydroxyl groups is 1. The summed E-state index contributed by atoms with van der Waals surface area (Å²) in [6.07, 6.45) is 1.58. The molecular formula is C11H13N3O. The van der Waals surface area contributed by atoms with Crippen molar-refractivity contribution in [3.05, 3.63) is 29.7 Å². The van der Waals surface area contributed by atoms with Gasteiger partial charge in [0.2, 0.25) is 5.88 Å². The Kier molecular flexibility index (Phi) is 2.19. The highest BCUT2D eigenvalue weighted by atomic mass is 16.3. The van der Waals surface area contributed by atoms with E-state index in [-0.39, 0.29) is 5.88 Å². The summed E-state index contributed by atoms with van der Waals surface area (Å²) in [7, 11) is 1.85. The average molecular weight is 203 g/mol. The van der Waals surface area contributed by atoms with Crippen LogP contribution >= 0.6 is 0 Å². The van der Waals surface area contributed by atoms with Crippen LogP contribution in [0.2, 0.25) is 0 Å². The van der Waals surface area contributed by atoms with E-state index in [1.54, 1.807) is 10.8 Å². The second-order valence-electron chi connectivity index (χ2n) is 3.67. The van der Waals surface area contributed by atoms with Crippen LogP contribution in [0, 0.1) is 13.8 Å². The van der Waals surface area contributed by atoms with Crippen LogP contribution in [-0.2, 0) is 7.05 Å². The lowest BCUT2D eigenvalue weighted by molar-refractivity contribution is 0.456. The lowest BCUT2D eigenvalue weighted by Gasteiger charge is -2.03. The molecular weight excluding hydrogens is 190 g/mol. The molecule has 0 aliphatic carbocycles. The van der Waals surface area contributed by atoms with Crippen LogP contribution in [0.15, 0.2) is 18.3 Å². The second kappa shape index (κ2) is 3.38. The van der Waals surface area contributed by atoms with E-state index in [1.807, 2.05) is 33.0 Å². The van der Waals surface area contributed by atoms with Crippen molar-refractivity contribution in [2.75, 3.05) is 0 Å². The summed E-state index contributed by atoms with van der Waals surface area (Å²) in [6, 6.07) is 3.91. The largest absolute Gasteiger partial charge is 0.492 e. The van der Waals surface area contributed by atoms with Crippen LogP contribution < -0.4 is 0 Å². The first-order chi connectivity index (χ1) is 7.06. The van der Waals surface area contributed by atoms with Gasteiger partial charge in [-0.1, -0.05) is 0 Å². The smallest absolute Gasteiger partial charge is 0.229 e. The third-order valence-corrected chi connectivity index (χ3v) is 2.20. The van der Waals surface area contributed by atoms with E-state index in [2.05, 4.69) is 9.97 Å². The monoisotopic (exact) mass is 203 g/mol. The zero-order valence-corrected chi connectivity index (χ0v) is 9.02. The van der Waals surface area contributed by atoms with Gasteiger partial charge in [0.05, 0.1) is 6.20 Å². The van der Waals surface area contributed by atoms with Crippen molar-refractivity contribution in [1.29, 1.82) is 0 Å². The van der Waals surface area contributed by atoms with Gasteiger partial charge in [0.1, 0.15) is 5.82 Å². The molecule has 2 heterocycles. The normalized spacial score (nSPS) is 10.6. The fraction of sp³-hybridized carbons (Fsp3) is 0.273. The first kappa shape index (κ1) is 9.71.